The third-order valence-electron chi connectivity index (χ3n) is 3.31. The Morgan fingerprint density at radius 2 is 1.71 bits per heavy atom. The zero-order valence-corrected chi connectivity index (χ0v) is 12.8. The maximum atomic E-state index is 12.1. The fourth-order valence-electron chi connectivity index (χ4n) is 2.02. The predicted octanol–water partition coefficient (Wildman–Crippen LogP) is 2.87. The number of aliphatic carboxylic acids is 1. The molecule has 0 aliphatic rings. The smallest absolute Gasteiger partial charge is 0.346 e. The number of esters is 1. The standard InChI is InChI=1S/C18H16O6/c1-11(13-5-3-2-4-6-13)24-18(23)14(17(21)22)9-12-7-8-15(19)16(20)10-12/h2-11,19-20H,1H3,(H,21,22)/b14-9+. The molecule has 0 spiro atoms. The summed E-state index contributed by atoms with van der Waals surface area (Å²) in [4.78, 5) is 23.5. The summed E-state index contributed by atoms with van der Waals surface area (Å²) in [6, 6.07) is 12.6. The van der Waals surface area contributed by atoms with Crippen molar-refractivity contribution in [1.82, 2.24) is 0 Å². The summed E-state index contributed by atoms with van der Waals surface area (Å²) in [6.07, 6.45) is 0.455. The average molecular weight is 328 g/mol. The van der Waals surface area contributed by atoms with Crippen LogP contribution in [0, 0.1) is 0 Å². The first-order chi connectivity index (χ1) is 11.4. The maximum Gasteiger partial charge on any atom is 0.346 e. The third-order valence-corrected chi connectivity index (χ3v) is 3.31. The van der Waals surface area contributed by atoms with E-state index in [9.17, 15) is 24.9 Å². The normalized spacial score (nSPS) is 12.5. The topological polar surface area (TPSA) is 104 Å². The molecule has 0 aromatic heterocycles. The lowest BCUT2D eigenvalue weighted by Crippen LogP contribution is -2.17. The Bertz CT molecular complexity index is 779. The first-order valence-electron chi connectivity index (χ1n) is 7.11. The molecule has 0 heterocycles. The molecule has 24 heavy (non-hydrogen) atoms. The Balaban J connectivity index is 2.23. The van der Waals surface area contributed by atoms with Crippen LogP contribution in [0.1, 0.15) is 24.2 Å². The van der Waals surface area contributed by atoms with E-state index in [-0.39, 0.29) is 11.3 Å². The molecule has 0 saturated heterocycles. The van der Waals surface area contributed by atoms with Gasteiger partial charge in [-0.05, 0) is 36.3 Å². The first-order valence-corrected chi connectivity index (χ1v) is 7.11. The molecule has 2 aromatic rings. The van der Waals surface area contributed by atoms with Crippen LogP contribution in [-0.4, -0.2) is 27.3 Å². The van der Waals surface area contributed by atoms with Crippen molar-refractivity contribution in [3.63, 3.8) is 0 Å². The molecule has 1 atom stereocenters. The fraction of sp³-hybridized carbons (Fsp3) is 0.111. The monoisotopic (exact) mass is 328 g/mol. The minimum Gasteiger partial charge on any atom is -0.504 e. The summed E-state index contributed by atoms with van der Waals surface area (Å²) in [5.74, 6) is -3.21. The van der Waals surface area contributed by atoms with Gasteiger partial charge in [-0.25, -0.2) is 9.59 Å². The van der Waals surface area contributed by atoms with E-state index in [4.69, 9.17) is 4.74 Å². The van der Waals surface area contributed by atoms with E-state index in [2.05, 4.69) is 0 Å². The first kappa shape index (κ1) is 17.1. The average Bonchev–Trinajstić information content (AvgIpc) is 2.56. The van der Waals surface area contributed by atoms with Gasteiger partial charge in [0.05, 0.1) is 0 Å². The van der Waals surface area contributed by atoms with E-state index >= 15 is 0 Å². The molecule has 0 saturated carbocycles. The van der Waals surface area contributed by atoms with Crippen LogP contribution in [0.25, 0.3) is 6.08 Å². The van der Waals surface area contributed by atoms with Gasteiger partial charge < -0.3 is 20.1 Å². The van der Waals surface area contributed by atoms with E-state index in [0.29, 0.717) is 0 Å². The van der Waals surface area contributed by atoms with Crippen LogP contribution in [-0.2, 0) is 14.3 Å². The fourth-order valence-corrected chi connectivity index (χ4v) is 2.02. The van der Waals surface area contributed by atoms with Crippen molar-refractivity contribution in [2.75, 3.05) is 0 Å². The lowest BCUT2D eigenvalue weighted by atomic mass is 10.1. The maximum absolute atomic E-state index is 12.1. The molecule has 2 aromatic carbocycles. The van der Waals surface area contributed by atoms with E-state index in [1.54, 1.807) is 31.2 Å². The molecular weight excluding hydrogens is 312 g/mol. The van der Waals surface area contributed by atoms with Crippen molar-refractivity contribution in [1.29, 1.82) is 0 Å². The van der Waals surface area contributed by atoms with Crippen LogP contribution in [0.5, 0.6) is 11.5 Å². The number of carbonyl (C=O) groups excluding carboxylic acids is 1. The largest absolute Gasteiger partial charge is 0.504 e. The van der Waals surface area contributed by atoms with Gasteiger partial charge in [0.2, 0.25) is 0 Å². The summed E-state index contributed by atoms with van der Waals surface area (Å²) in [5, 5.41) is 27.9. The lowest BCUT2D eigenvalue weighted by Gasteiger charge is -2.13. The molecule has 124 valence electrons. The second-order valence-corrected chi connectivity index (χ2v) is 5.07. The van der Waals surface area contributed by atoms with Crippen molar-refractivity contribution >= 4 is 18.0 Å². The minimum atomic E-state index is -1.45. The van der Waals surface area contributed by atoms with Crippen molar-refractivity contribution < 1.29 is 29.6 Å². The van der Waals surface area contributed by atoms with E-state index in [1.807, 2.05) is 6.07 Å². The number of hydrogen-bond acceptors (Lipinski definition) is 5. The van der Waals surface area contributed by atoms with Crippen LogP contribution < -0.4 is 0 Å². The van der Waals surface area contributed by atoms with E-state index < -0.39 is 29.4 Å². The number of ether oxygens (including phenoxy) is 1. The summed E-state index contributed by atoms with van der Waals surface area (Å²) >= 11 is 0. The number of carboxylic acids is 1. The molecule has 6 nitrogen and oxygen atoms in total. The van der Waals surface area contributed by atoms with Crippen molar-refractivity contribution in [3.05, 3.63) is 65.2 Å². The highest BCUT2D eigenvalue weighted by atomic mass is 16.5. The Labute approximate surface area is 138 Å². The van der Waals surface area contributed by atoms with Crippen LogP contribution in [0.2, 0.25) is 0 Å². The molecule has 0 bridgehead atoms. The zero-order chi connectivity index (χ0) is 17.7. The van der Waals surface area contributed by atoms with Crippen LogP contribution in [0.3, 0.4) is 0 Å². The van der Waals surface area contributed by atoms with Crippen LogP contribution >= 0.6 is 0 Å². The number of carbonyl (C=O) groups is 2. The van der Waals surface area contributed by atoms with Crippen LogP contribution in [0.15, 0.2) is 54.1 Å². The molecular formula is C18H16O6. The summed E-state index contributed by atoms with van der Waals surface area (Å²) < 4.78 is 5.19. The number of benzene rings is 2. The molecule has 0 amide bonds. The van der Waals surface area contributed by atoms with Gasteiger partial charge >= 0.3 is 11.9 Å². The minimum absolute atomic E-state index is 0.243. The van der Waals surface area contributed by atoms with Crippen molar-refractivity contribution in [3.8, 4) is 11.5 Å². The summed E-state index contributed by atoms with van der Waals surface area (Å²) in [7, 11) is 0. The molecule has 0 radical (unpaired) electrons. The second-order valence-electron chi connectivity index (χ2n) is 5.07. The molecule has 0 fully saturated rings. The van der Waals surface area contributed by atoms with Gasteiger partial charge in [-0.3, -0.25) is 0 Å². The quantitative estimate of drug-likeness (QED) is 0.256. The lowest BCUT2D eigenvalue weighted by molar-refractivity contribution is -0.147. The third kappa shape index (κ3) is 4.13. The Morgan fingerprint density at radius 1 is 1.04 bits per heavy atom. The number of rotatable bonds is 5. The van der Waals surface area contributed by atoms with Crippen molar-refractivity contribution in [2.24, 2.45) is 0 Å². The van der Waals surface area contributed by atoms with Gasteiger partial charge in [-0.1, -0.05) is 36.4 Å². The van der Waals surface area contributed by atoms with Gasteiger partial charge in [0, 0.05) is 0 Å². The van der Waals surface area contributed by atoms with Gasteiger partial charge in [0.25, 0.3) is 0 Å². The van der Waals surface area contributed by atoms with Crippen LogP contribution in [0.4, 0.5) is 0 Å². The Morgan fingerprint density at radius 3 is 2.29 bits per heavy atom. The van der Waals surface area contributed by atoms with Gasteiger partial charge in [0.15, 0.2) is 11.5 Å². The van der Waals surface area contributed by atoms with Crippen molar-refractivity contribution in [2.45, 2.75) is 13.0 Å². The highest BCUT2D eigenvalue weighted by Gasteiger charge is 2.22. The molecule has 0 aliphatic carbocycles. The molecule has 1 unspecified atom stereocenters. The number of aromatic hydroxyl groups is 2. The van der Waals surface area contributed by atoms with Gasteiger partial charge in [0.1, 0.15) is 11.7 Å². The number of hydrogen-bond donors (Lipinski definition) is 3. The highest BCUT2D eigenvalue weighted by molar-refractivity contribution is 6.17. The van der Waals surface area contributed by atoms with Gasteiger partial charge in [-0.2, -0.15) is 0 Å². The van der Waals surface area contributed by atoms with Gasteiger partial charge in [-0.15, -0.1) is 0 Å². The number of phenolic OH excluding ortho intramolecular Hbond substituents is 2. The van der Waals surface area contributed by atoms with E-state index in [0.717, 1.165) is 17.7 Å². The molecule has 0 aliphatic heterocycles. The SMILES string of the molecule is CC(OC(=O)/C(=C/c1ccc(O)c(O)c1)C(=O)O)c1ccccc1. The number of carboxylic acid groups (broad SMARTS) is 1. The molecule has 6 heteroatoms. The second kappa shape index (κ2) is 7.32. The zero-order valence-electron chi connectivity index (χ0n) is 12.8. The summed E-state index contributed by atoms with van der Waals surface area (Å²) in [5.41, 5.74) is 0.396. The highest BCUT2D eigenvalue weighted by Crippen LogP contribution is 2.26. The summed E-state index contributed by atoms with van der Waals surface area (Å²) in [6.45, 7) is 1.64. The predicted molar refractivity (Wildman–Crippen MR) is 86.3 cm³/mol. The molecule has 2 rings (SSSR count). The van der Waals surface area contributed by atoms with E-state index in [1.165, 1.54) is 12.1 Å². The Kier molecular flexibility index (Phi) is 5.21. The Hall–Kier alpha value is -3.28. The number of phenols is 2. The molecule has 3 N–H and O–H groups in total.